The average molecular weight is 678 g/mol. The van der Waals surface area contributed by atoms with Crippen LogP contribution in [0.3, 0.4) is 0 Å². The van der Waals surface area contributed by atoms with E-state index in [1.807, 2.05) is 0 Å². The van der Waals surface area contributed by atoms with Gasteiger partial charge in [-0.1, -0.05) is 0 Å². The van der Waals surface area contributed by atoms with Gasteiger partial charge in [0.2, 0.25) is 0 Å². The highest BCUT2D eigenvalue weighted by atomic mass is 16.7. The Labute approximate surface area is 259 Å². The molecule has 24 heteroatoms. The maximum Gasteiger partial charge on any atom is 0.378 e. The summed E-state index contributed by atoms with van der Waals surface area (Å²) in [6.45, 7) is -1.22. The zero-order valence-corrected chi connectivity index (χ0v) is 22.8. The van der Waals surface area contributed by atoms with E-state index in [-0.39, 0.29) is 6.47 Å². The molecule has 0 radical (unpaired) electrons. The molecule has 0 aromatic carbocycles. The van der Waals surface area contributed by atoms with Crippen LogP contribution < -0.4 is 0 Å². The summed E-state index contributed by atoms with van der Waals surface area (Å²) in [4.78, 5) is 183. The predicted molar refractivity (Wildman–Crippen MR) is 122 cm³/mol. The molecule has 24 nitrogen and oxygen atoms in total. The fourth-order valence-corrected chi connectivity index (χ4v) is 5.01. The van der Waals surface area contributed by atoms with E-state index in [0.29, 0.717) is 9.80 Å². The Kier molecular flexibility index (Phi) is 6.81. The fourth-order valence-electron chi connectivity index (χ4n) is 5.01. The van der Waals surface area contributed by atoms with Crippen molar-refractivity contribution in [2.45, 2.75) is 24.9 Å². The van der Waals surface area contributed by atoms with Crippen LogP contribution in [-0.4, -0.2) is 123 Å². The number of likely N-dealkylation sites (tertiary alicyclic amines) is 2. The van der Waals surface area contributed by atoms with Crippen molar-refractivity contribution in [1.29, 1.82) is 0 Å². The first-order chi connectivity index (χ1) is 22.4. The van der Waals surface area contributed by atoms with E-state index in [2.05, 4.69) is 23.7 Å². The van der Waals surface area contributed by atoms with Crippen LogP contribution in [0.15, 0.2) is 0 Å². The smallest absolute Gasteiger partial charge is 0.378 e. The molecule has 6 rings (SSSR count). The van der Waals surface area contributed by atoms with Gasteiger partial charge >= 0.3 is 75.6 Å². The number of ketones is 2. The lowest BCUT2D eigenvalue weighted by Gasteiger charge is -2.51. The molecule has 6 aliphatic rings. The highest BCUT2D eigenvalue weighted by Gasteiger charge is 2.83. The summed E-state index contributed by atoms with van der Waals surface area (Å²) in [5.41, 5.74) is -10.8. The molecule has 0 atom stereocenters. The van der Waals surface area contributed by atoms with E-state index in [1.54, 1.807) is 0 Å². The molecular formula is C24H10N2O22. The summed E-state index contributed by atoms with van der Waals surface area (Å²) in [6.07, 6.45) is -1.82. The Balaban J connectivity index is 0.000000188. The molecule has 0 saturated carbocycles. The number of amides is 4. The fraction of sp³-hybridized carbons (Fsp3) is 0.333. The monoisotopic (exact) mass is 678 g/mol. The number of nitrogens with zero attached hydrogens (tertiary/aromatic N) is 2. The van der Waals surface area contributed by atoms with Crippen molar-refractivity contribution in [3.8, 4) is 0 Å². The van der Waals surface area contributed by atoms with Gasteiger partial charge in [0.25, 0.3) is 30.1 Å². The zero-order chi connectivity index (χ0) is 35.9. The number of Topliss-reactive ketones (excluding diaryl/α,β-unsaturated/α-hetero) is 2. The lowest BCUT2D eigenvalue weighted by Crippen LogP contribution is -2.83. The second-order valence-electron chi connectivity index (χ2n) is 10.1. The van der Waals surface area contributed by atoms with Crippen LogP contribution in [0.5, 0.6) is 0 Å². The number of aliphatic carboxylic acids is 1. The Morgan fingerprint density at radius 3 is 1.25 bits per heavy atom. The summed E-state index contributed by atoms with van der Waals surface area (Å²) in [6, 6.07) is 0. The summed E-state index contributed by atoms with van der Waals surface area (Å²) >= 11 is 0. The minimum atomic E-state index is -2.97. The number of cyclic esters (lactones) is 8. The number of rotatable bonds is 11. The molecule has 1 N–H and O–H groups in total. The summed E-state index contributed by atoms with van der Waals surface area (Å²) in [7, 11) is 0. The highest BCUT2D eigenvalue weighted by Crippen LogP contribution is 2.46. The number of imide groups is 2. The Morgan fingerprint density at radius 2 is 0.938 bits per heavy atom. The molecule has 6 fully saturated rings. The van der Waals surface area contributed by atoms with Crippen molar-refractivity contribution in [3.05, 3.63) is 0 Å². The molecule has 0 unspecified atom stereocenters. The van der Waals surface area contributed by atoms with Crippen molar-refractivity contribution in [3.63, 3.8) is 0 Å². The van der Waals surface area contributed by atoms with Gasteiger partial charge in [-0.3, -0.25) is 43.4 Å². The van der Waals surface area contributed by atoms with Crippen LogP contribution in [0.1, 0.15) is 19.3 Å². The van der Waals surface area contributed by atoms with Gasteiger partial charge in [-0.25, -0.2) is 43.2 Å². The highest BCUT2D eigenvalue weighted by molar-refractivity contribution is 6.51. The topological polar surface area (TPSA) is 346 Å². The Hall–Kier alpha value is -6.88. The molecule has 0 bridgehead atoms. The van der Waals surface area contributed by atoms with E-state index in [9.17, 15) is 76.7 Å². The van der Waals surface area contributed by atoms with Gasteiger partial charge in [0, 0.05) is 12.8 Å². The zero-order valence-electron chi connectivity index (χ0n) is 22.8. The normalized spacial score (nSPS) is 23.0. The van der Waals surface area contributed by atoms with Gasteiger partial charge in [-0.15, -0.1) is 0 Å². The molecule has 248 valence electrons. The maximum absolute atomic E-state index is 11.9. The number of ether oxygens (including phenoxy) is 5. The average Bonchev–Trinajstić information content (AvgIpc) is 3.00. The van der Waals surface area contributed by atoms with Crippen molar-refractivity contribution in [2.75, 3.05) is 6.67 Å². The molecular weight excluding hydrogens is 668 g/mol. The minimum absolute atomic E-state index is 0.301. The second-order valence-corrected chi connectivity index (χ2v) is 10.1. The van der Waals surface area contributed by atoms with Gasteiger partial charge in [-0.05, 0) is 6.42 Å². The first kappa shape index (κ1) is 32.5. The lowest BCUT2D eigenvalue weighted by molar-refractivity contribution is -0.219. The predicted octanol–water partition coefficient (Wildman–Crippen LogP) is -6.73. The van der Waals surface area contributed by atoms with E-state index >= 15 is 0 Å². The lowest BCUT2D eigenvalue weighted by atomic mass is 9.72. The third-order valence-corrected chi connectivity index (χ3v) is 7.86. The third-order valence-electron chi connectivity index (χ3n) is 7.86. The van der Waals surface area contributed by atoms with Crippen LogP contribution in [0, 0.1) is 16.2 Å². The van der Waals surface area contributed by atoms with Crippen molar-refractivity contribution >= 4 is 95.4 Å². The van der Waals surface area contributed by atoms with E-state index in [4.69, 9.17) is 5.11 Å². The molecule has 48 heavy (non-hydrogen) atoms. The molecule has 0 aromatic rings. The van der Waals surface area contributed by atoms with Gasteiger partial charge in [0.15, 0.2) is 11.6 Å². The summed E-state index contributed by atoms with van der Waals surface area (Å²) in [5, 5.41) is 8.95. The van der Waals surface area contributed by atoms with Gasteiger partial charge in [0.1, 0.15) is 6.67 Å². The second kappa shape index (κ2) is 10.1. The van der Waals surface area contributed by atoms with Crippen LogP contribution in [0.2, 0.25) is 0 Å². The molecule has 0 aliphatic carbocycles. The number of esters is 8. The first-order valence-corrected chi connectivity index (χ1v) is 12.6. The van der Waals surface area contributed by atoms with E-state index < -0.39 is 137 Å². The Bertz CT molecular complexity index is 1670. The van der Waals surface area contributed by atoms with Gasteiger partial charge < -0.3 is 28.8 Å². The van der Waals surface area contributed by atoms with Crippen molar-refractivity contribution in [1.82, 2.24) is 9.80 Å². The molecule has 6 aliphatic heterocycles. The maximum atomic E-state index is 11.9. The molecule has 2 spiro atoms. The Morgan fingerprint density at radius 1 is 0.583 bits per heavy atom. The summed E-state index contributed by atoms with van der Waals surface area (Å²) in [5.74, 6) is -20.7. The van der Waals surface area contributed by atoms with E-state index in [0.717, 1.165) is 0 Å². The van der Waals surface area contributed by atoms with Gasteiger partial charge in [0.05, 0.1) is 0 Å². The minimum Gasteiger partial charge on any atom is -0.480 e. The van der Waals surface area contributed by atoms with Gasteiger partial charge in [-0.2, -0.15) is 0 Å². The number of carboxylic acids is 1. The first-order valence-electron chi connectivity index (χ1n) is 12.6. The van der Waals surface area contributed by atoms with Crippen molar-refractivity contribution < 1.29 is 106 Å². The summed E-state index contributed by atoms with van der Waals surface area (Å²) < 4.78 is 20.0. The number of carbonyl (C=O) groups is 16. The molecule has 4 amide bonds. The largest absolute Gasteiger partial charge is 0.480 e. The van der Waals surface area contributed by atoms with E-state index in [1.165, 1.54) is 0 Å². The number of carboxylic acid groups (broad SMARTS) is 1. The number of β-lactam (4-membered cyclic amide) rings is 4. The molecule has 6 heterocycles. The van der Waals surface area contributed by atoms with Crippen LogP contribution in [0.25, 0.3) is 0 Å². The standard InChI is InChI=1S/C13H8O12.C11H2N2O10/c14-4-23-13(10(21)25-11(13)22)6(16)3-1-2-5(15)12(7(17)18)8(19)24-9(12)20;14-2-10(6(18)22-7(10)19)3(15)12(2)1-13-4(16)11(5(13)17)8(20)23-9(11)21/h4H,1-3H2,(H,17,18);1H2. The number of hydrogen-bond acceptors (Lipinski definition) is 21. The molecule has 6 saturated heterocycles. The number of hydrogen-bond donors (Lipinski definition) is 1. The van der Waals surface area contributed by atoms with Crippen LogP contribution in [-0.2, 0) is 100 Å². The SMILES string of the molecule is O=C1OC(=O)C12C(=O)N(CN1C(=O)C3(C(=O)OC3=O)C1=O)C2=O.O=COC1(C(=O)CCCC(=O)C2(C(=O)O)C(=O)OC2=O)C(=O)OC1=O. The van der Waals surface area contributed by atoms with Crippen molar-refractivity contribution in [2.24, 2.45) is 16.2 Å². The number of carbonyl (C=O) groups excluding carboxylic acids is 15. The molecule has 0 aromatic heterocycles. The third kappa shape index (κ3) is 3.41. The quantitative estimate of drug-likeness (QED) is 0.0697. The van der Waals surface area contributed by atoms with Crippen LogP contribution in [0.4, 0.5) is 0 Å². The van der Waals surface area contributed by atoms with Crippen LogP contribution >= 0.6 is 0 Å².